The van der Waals surface area contributed by atoms with Gasteiger partial charge in [0.25, 0.3) is 0 Å². The van der Waals surface area contributed by atoms with E-state index < -0.39 is 0 Å². The molecule has 0 aliphatic carbocycles. The van der Waals surface area contributed by atoms with Crippen molar-refractivity contribution in [3.63, 3.8) is 0 Å². The molecule has 4 rings (SSSR count). The number of anilines is 1. The van der Waals surface area contributed by atoms with Crippen molar-refractivity contribution in [2.24, 2.45) is 5.92 Å². The maximum absolute atomic E-state index is 13.1. The lowest BCUT2D eigenvalue weighted by atomic mass is 9.96. The van der Waals surface area contributed by atoms with Gasteiger partial charge in [-0.25, -0.2) is 0 Å². The summed E-state index contributed by atoms with van der Waals surface area (Å²) in [5.74, 6) is 2.05. The van der Waals surface area contributed by atoms with Crippen molar-refractivity contribution >= 4 is 34.8 Å². The van der Waals surface area contributed by atoms with E-state index in [0.29, 0.717) is 39.6 Å². The van der Waals surface area contributed by atoms with Crippen molar-refractivity contribution in [3.8, 4) is 11.5 Å². The number of nitrogens with two attached hydrogens (primary N) is 1. The summed E-state index contributed by atoms with van der Waals surface area (Å²) in [6.07, 6.45) is 4.40. The Hall–Kier alpha value is -2.15. The Morgan fingerprint density at radius 2 is 1.71 bits per heavy atom. The minimum Gasteiger partial charge on any atom is -0.493 e. The summed E-state index contributed by atoms with van der Waals surface area (Å²) in [7, 11) is 3.27. The van der Waals surface area contributed by atoms with Gasteiger partial charge in [0.1, 0.15) is 0 Å². The van der Waals surface area contributed by atoms with Gasteiger partial charge in [-0.3, -0.25) is 4.79 Å². The summed E-state index contributed by atoms with van der Waals surface area (Å²) in [6.45, 7) is 4.55. The molecule has 0 spiro atoms. The number of methoxy groups -OCH3 is 2. The molecule has 2 aliphatic rings. The van der Waals surface area contributed by atoms with E-state index in [4.69, 9.17) is 38.4 Å². The van der Waals surface area contributed by atoms with Crippen molar-refractivity contribution in [2.45, 2.75) is 32.1 Å². The fourth-order valence-corrected chi connectivity index (χ4v) is 5.62. The molecule has 1 amide bonds. The molecular formula is C26H33Cl2N3O3. The number of halogens is 2. The molecule has 2 N–H and O–H groups in total. The van der Waals surface area contributed by atoms with Gasteiger partial charge < -0.3 is 25.0 Å². The summed E-state index contributed by atoms with van der Waals surface area (Å²) in [4.78, 5) is 17.6. The Kier molecular flexibility index (Phi) is 8.12. The van der Waals surface area contributed by atoms with E-state index in [1.807, 2.05) is 29.2 Å². The van der Waals surface area contributed by atoms with Crippen LogP contribution >= 0.6 is 23.2 Å². The molecule has 1 fully saturated rings. The first-order valence-electron chi connectivity index (χ1n) is 11.8. The molecule has 8 heteroatoms. The van der Waals surface area contributed by atoms with Crippen molar-refractivity contribution in [3.05, 3.63) is 51.0 Å². The van der Waals surface area contributed by atoms with Crippen molar-refractivity contribution in [2.75, 3.05) is 52.7 Å². The monoisotopic (exact) mass is 505 g/mol. The third-order valence-electron chi connectivity index (χ3n) is 6.99. The smallest absolute Gasteiger partial charge is 0.227 e. The number of amides is 1. The molecule has 34 heavy (non-hydrogen) atoms. The van der Waals surface area contributed by atoms with Crippen molar-refractivity contribution < 1.29 is 14.3 Å². The molecule has 0 bridgehead atoms. The quantitative estimate of drug-likeness (QED) is 0.562. The van der Waals surface area contributed by atoms with Gasteiger partial charge in [-0.15, -0.1) is 0 Å². The second-order valence-corrected chi connectivity index (χ2v) is 10.1. The van der Waals surface area contributed by atoms with E-state index >= 15 is 0 Å². The zero-order valence-electron chi connectivity index (χ0n) is 19.9. The van der Waals surface area contributed by atoms with Crippen LogP contribution in [-0.4, -0.2) is 62.7 Å². The van der Waals surface area contributed by atoms with Gasteiger partial charge in [-0.05, 0) is 79.1 Å². The van der Waals surface area contributed by atoms with Crippen LogP contribution in [0.4, 0.5) is 5.69 Å². The average molecular weight is 506 g/mol. The van der Waals surface area contributed by atoms with Crippen LogP contribution in [0.2, 0.25) is 10.0 Å². The summed E-state index contributed by atoms with van der Waals surface area (Å²) >= 11 is 12.4. The Bertz CT molecular complexity index is 1020. The molecule has 0 radical (unpaired) electrons. The Balaban J connectivity index is 1.35. The number of rotatable bonds is 7. The highest BCUT2D eigenvalue weighted by atomic mass is 35.5. The molecular weight excluding hydrogens is 473 g/mol. The zero-order valence-corrected chi connectivity index (χ0v) is 21.4. The molecule has 2 aliphatic heterocycles. The Morgan fingerprint density at radius 1 is 1.03 bits per heavy atom. The molecule has 0 aromatic heterocycles. The second-order valence-electron chi connectivity index (χ2n) is 9.27. The van der Waals surface area contributed by atoms with Gasteiger partial charge in [-0.1, -0.05) is 23.2 Å². The zero-order chi connectivity index (χ0) is 24.2. The number of piperidine rings is 1. The maximum Gasteiger partial charge on any atom is 0.227 e. The van der Waals surface area contributed by atoms with Gasteiger partial charge >= 0.3 is 0 Å². The SMILES string of the molecule is COc1cc2c(cc1OC)CC(=O)N(CC1CCCN(CCc3cc(Cl)c(N)c(Cl)c3)C1)CC2. The third kappa shape index (κ3) is 5.73. The fraction of sp³-hybridized carbons (Fsp3) is 0.500. The van der Waals surface area contributed by atoms with Crippen LogP contribution in [0.25, 0.3) is 0 Å². The fourth-order valence-electron chi connectivity index (χ4n) is 5.09. The molecule has 2 heterocycles. The largest absolute Gasteiger partial charge is 0.493 e. The van der Waals surface area contributed by atoms with Gasteiger partial charge in [0.05, 0.1) is 36.4 Å². The number of benzene rings is 2. The average Bonchev–Trinajstić information content (AvgIpc) is 2.98. The van der Waals surface area contributed by atoms with Crippen LogP contribution in [0, 0.1) is 5.92 Å². The lowest BCUT2D eigenvalue weighted by molar-refractivity contribution is -0.131. The number of ether oxygens (including phenoxy) is 2. The predicted octanol–water partition coefficient (Wildman–Crippen LogP) is 4.47. The first-order chi connectivity index (χ1) is 16.4. The van der Waals surface area contributed by atoms with Crippen LogP contribution in [0.15, 0.2) is 24.3 Å². The number of likely N-dealkylation sites (tertiary alicyclic amines) is 1. The number of carbonyl (C=O) groups excluding carboxylic acids is 1. The van der Waals surface area contributed by atoms with E-state index in [1.165, 1.54) is 5.56 Å². The number of fused-ring (bicyclic) bond motifs is 1. The molecule has 1 atom stereocenters. The van der Waals surface area contributed by atoms with Crippen LogP contribution in [0.1, 0.15) is 29.5 Å². The van der Waals surface area contributed by atoms with Crippen LogP contribution < -0.4 is 15.2 Å². The van der Waals surface area contributed by atoms with E-state index in [0.717, 1.165) is 69.5 Å². The van der Waals surface area contributed by atoms with E-state index in [2.05, 4.69) is 4.90 Å². The topological polar surface area (TPSA) is 68.0 Å². The van der Waals surface area contributed by atoms with Gasteiger partial charge in [0, 0.05) is 26.2 Å². The molecule has 0 saturated carbocycles. The van der Waals surface area contributed by atoms with Gasteiger partial charge in [-0.2, -0.15) is 0 Å². The van der Waals surface area contributed by atoms with Crippen LogP contribution in [0.5, 0.6) is 11.5 Å². The molecule has 1 saturated heterocycles. The van der Waals surface area contributed by atoms with Crippen LogP contribution in [-0.2, 0) is 24.1 Å². The Morgan fingerprint density at radius 3 is 2.38 bits per heavy atom. The minimum absolute atomic E-state index is 0.189. The molecule has 6 nitrogen and oxygen atoms in total. The molecule has 2 aromatic carbocycles. The number of carbonyl (C=O) groups is 1. The molecule has 1 unspecified atom stereocenters. The normalized spacial score (nSPS) is 19.0. The molecule has 184 valence electrons. The summed E-state index contributed by atoms with van der Waals surface area (Å²) in [5, 5.41) is 1.02. The van der Waals surface area contributed by atoms with Crippen molar-refractivity contribution in [1.82, 2.24) is 9.80 Å². The van der Waals surface area contributed by atoms with Crippen molar-refractivity contribution in [1.29, 1.82) is 0 Å². The maximum atomic E-state index is 13.1. The van der Waals surface area contributed by atoms with E-state index in [1.54, 1.807) is 14.2 Å². The predicted molar refractivity (Wildman–Crippen MR) is 137 cm³/mol. The van der Waals surface area contributed by atoms with Gasteiger partial charge in [0.2, 0.25) is 5.91 Å². The standard InChI is InChI=1S/C26H33Cl2N3O3/c1-33-23-12-19-6-9-31(25(32)14-20(19)13-24(23)34-2)16-18-4-3-7-30(15-18)8-5-17-10-21(27)26(29)22(28)11-17/h10-13,18H,3-9,14-16,29H2,1-2H3. The number of hydrogen-bond donors (Lipinski definition) is 1. The van der Waals surface area contributed by atoms with E-state index in [9.17, 15) is 4.79 Å². The Labute approximate surface area is 211 Å². The van der Waals surface area contributed by atoms with E-state index in [-0.39, 0.29) is 5.91 Å². The number of hydrogen-bond acceptors (Lipinski definition) is 5. The minimum atomic E-state index is 0.189. The third-order valence-corrected chi connectivity index (χ3v) is 7.61. The lowest BCUT2D eigenvalue weighted by Gasteiger charge is -2.35. The highest BCUT2D eigenvalue weighted by Gasteiger charge is 2.27. The first-order valence-corrected chi connectivity index (χ1v) is 12.6. The molecule has 2 aromatic rings. The first kappa shape index (κ1) is 25.0. The number of nitrogen functional groups attached to an aromatic ring is 1. The highest BCUT2D eigenvalue weighted by Crippen LogP contribution is 2.33. The summed E-state index contributed by atoms with van der Waals surface area (Å²) in [5.41, 5.74) is 9.59. The summed E-state index contributed by atoms with van der Waals surface area (Å²) < 4.78 is 10.9. The highest BCUT2D eigenvalue weighted by molar-refractivity contribution is 6.38. The lowest BCUT2D eigenvalue weighted by Crippen LogP contribution is -2.44. The summed E-state index contributed by atoms with van der Waals surface area (Å²) in [6, 6.07) is 7.78. The van der Waals surface area contributed by atoms with Gasteiger partial charge in [0.15, 0.2) is 11.5 Å². The number of nitrogens with zero attached hydrogens (tertiary/aromatic N) is 2. The van der Waals surface area contributed by atoms with Crippen LogP contribution in [0.3, 0.4) is 0 Å². The second kappa shape index (κ2) is 11.1.